The standard InChI is InChI=1S/C11H8F3N3OS/c1-6-4-16-10(19-6)17-9(18)7-2-3-8(15-5-7)11(12,13)14/h2-5H,1H3,(H,16,17,18). The minimum absolute atomic E-state index is 0.0425. The Balaban J connectivity index is 2.12. The molecule has 0 spiro atoms. The molecule has 19 heavy (non-hydrogen) atoms. The molecule has 0 atom stereocenters. The smallest absolute Gasteiger partial charge is 0.298 e. The number of nitrogens with zero attached hydrogens (tertiary/aromatic N) is 2. The van der Waals surface area contributed by atoms with Crippen LogP contribution in [0.25, 0.3) is 0 Å². The molecule has 0 bridgehead atoms. The number of thiazole rings is 1. The number of nitrogens with one attached hydrogen (secondary N) is 1. The van der Waals surface area contributed by atoms with Gasteiger partial charge in [0, 0.05) is 17.3 Å². The topological polar surface area (TPSA) is 54.9 Å². The van der Waals surface area contributed by atoms with Crippen molar-refractivity contribution in [3.8, 4) is 0 Å². The molecule has 0 saturated heterocycles. The largest absolute Gasteiger partial charge is 0.433 e. The summed E-state index contributed by atoms with van der Waals surface area (Å²) in [6, 6.07) is 1.84. The molecule has 0 aliphatic heterocycles. The van der Waals surface area contributed by atoms with Crippen molar-refractivity contribution in [2.45, 2.75) is 13.1 Å². The van der Waals surface area contributed by atoms with Crippen LogP contribution in [-0.2, 0) is 6.18 Å². The highest BCUT2D eigenvalue weighted by Gasteiger charge is 2.32. The molecule has 0 aromatic carbocycles. The number of anilines is 1. The Hall–Kier alpha value is -1.96. The number of amides is 1. The van der Waals surface area contributed by atoms with Gasteiger partial charge in [-0.2, -0.15) is 13.2 Å². The third kappa shape index (κ3) is 3.28. The molecule has 2 aromatic rings. The van der Waals surface area contributed by atoms with E-state index in [-0.39, 0.29) is 5.56 Å². The van der Waals surface area contributed by atoms with Gasteiger partial charge in [-0.1, -0.05) is 0 Å². The first-order valence-corrected chi connectivity index (χ1v) is 5.95. The normalized spacial score (nSPS) is 11.4. The van der Waals surface area contributed by atoms with Crippen LogP contribution in [0.15, 0.2) is 24.5 Å². The fourth-order valence-corrected chi connectivity index (χ4v) is 1.94. The van der Waals surface area contributed by atoms with E-state index in [1.807, 2.05) is 6.92 Å². The van der Waals surface area contributed by atoms with Gasteiger partial charge in [-0.15, -0.1) is 11.3 Å². The Kier molecular flexibility index (Phi) is 3.52. The molecule has 1 amide bonds. The third-order valence-electron chi connectivity index (χ3n) is 2.16. The molecule has 0 aliphatic rings. The lowest BCUT2D eigenvalue weighted by Gasteiger charge is -2.06. The number of halogens is 3. The van der Waals surface area contributed by atoms with Crippen molar-refractivity contribution in [2.24, 2.45) is 0 Å². The van der Waals surface area contributed by atoms with Crippen LogP contribution in [0.2, 0.25) is 0 Å². The second-order valence-corrected chi connectivity index (χ2v) is 4.89. The van der Waals surface area contributed by atoms with Gasteiger partial charge in [-0.3, -0.25) is 15.1 Å². The van der Waals surface area contributed by atoms with Crippen LogP contribution in [0, 0.1) is 6.92 Å². The first-order valence-electron chi connectivity index (χ1n) is 5.13. The molecule has 2 rings (SSSR count). The minimum atomic E-state index is -4.51. The number of aromatic nitrogens is 2. The SMILES string of the molecule is Cc1cnc(NC(=O)c2ccc(C(F)(F)F)nc2)s1. The molecule has 2 heterocycles. The summed E-state index contributed by atoms with van der Waals surface area (Å²) in [6.45, 7) is 1.83. The summed E-state index contributed by atoms with van der Waals surface area (Å²) in [7, 11) is 0. The lowest BCUT2D eigenvalue weighted by Crippen LogP contribution is -2.14. The maximum absolute atomic E-state index is 12.3. The fraction of sp³-hybridized carbons (Fsp3) is 0.182. The molecule has 0 unspecified atom stereocenters. The number of carbonyl (C=O) groups excluding carboxylic acids is 1. The Morgan fingerprint density at radius 1 is 1.26 bits per heavy atom. The van der Waals surface area contributed by atoms with Crippen molar-refractivity contribution in [2.75, 3.05) is 5.32 Å². The van der Waals surface area contributed by atoms with Gasteiger partial charge in [0.25, 0.3) is 5.91 Å². The van der Waals surface area contributed by atoms with E-state index in [1.165, 1.54) is 11.3 Å². The van der Waals surface area contributed by atoms with Gasteiger partial charge in [-0.05, 0) is 19.1 Å². The maximum atomic E-state index is 12.3. The highest BCUT2D eigenvalue weighted by Crippen LogP contribution is 2.27. The van der Waals surface area contributed by atoms with Gasteiger partial charge < -0.3 is 0 Å². The van der Waals surface area contributed by atoms with Gasteiger partial charge >= 0.3 is 6.18 Å². The van der Waals surface area contributed by atoms with E-state index in [9.17, 15) is 18.0 Å². The molecule has 0 fully saturated rings. The average Bonchev–Trinajstić information content (AvgIpc) is 2.74. The summed E-state index contributed by atoms with van der Waals surface area (Å²) >= 11 is 1.27. The summed E-state index contributed by atoms with van der Waals surface area (Å²) in [6.07, 6.45) is -2.04. The average molecular weight is 287 g/mol. The monoisotopic (exact) mass is 287 g/mol. The summed E-state index contributed by atoms with van der Waals surface area (Å²) < 4.78 is 36.9. The molecule has 1 N–H and O–H groups in total. The molecule has 100 valence electrons. The van der Waals surface area contributed by atoms with Crippen molar-refractivity contribution >= 4 is 22.4 Å². The van der Waals surface area contributed by atoms with Crippen LogP contribution in [0.1, 0.15) is 20.9 Å². The van der Waals surface area contributed by atoms with Crippen LogP contribution in [0.4, 0.5) is 18.3 Å². The highest BCUT2D eigenvalue weighted by atomic mass is 32.1. The predicted octanol–water partition coefficient (Wildman–Crippen LogP) is 3.12. The first-order chi connectivity index (χ1) is 8.86. The lowest BCUT2D eigenvalue weighted by atomic mass is 10.2. The van der Waals surface area contributed by atoms with E-state index in [2.05, 4.69) is 15.3 Å². The Morgan fingerprint density at radius 2 is 2.00 bits per heavy atom. The van der Waals surface area contributed by atoms with Crippen LogP contribution in [-0.4, -0.2) is 15.9 Å². The number of pyridine rings is 1. The van der Waals surface area contributed by atoms with Crippen molar-refractivity contribution < 1.29 is 18.0 Å². The molecule has 2 aromatic heterocycles. The number of hydrogen-bond acceptors (Lipinski definition) is 4. The third-order valence-corrected chi connectivity index (χ3v) is 2.99. The maximum Gasteiger partial charge on any atom is 0.433 e. The van der Waals surface area contributed by atoms with E-state index in [0.717, 1.165) is 23.2 Å². The lowest BCUT2D eigenvalue weighted by molar-refractivity contribution is -0.141. The van der Waals surface area contributed by atoms with Gasteiger partial charge in [0.2, 0.25) is 0 Å². The fourth-order valence-electron chi connectivity index (χ4n) is 1.28. The van der Waals surface area contributed by atoms with Gasteiger partial charge in [0.1, 0.15) is 5.69 Å². The number of alkyl halides is 3. The zero-order chi connectivity index (χ0) is 14.0. The van der Waals surface area contributed by atoms with Gasteiger partial charge in [0.05, 0.1) is 5.56 Å². The van der Waals surface area contributed by atoms with Crippen LogP contribution < -0.4 is 5.32 Å². The number of aryl methyl sites for hydroxylation is 1. The summed E-state index contributed by atoms with van der Waals surface area (Å²) in [5.74, 6) is -0.546. The Labute approximate surface area is 110 Å². The van der Waals surface area contributed by atoms with E-state index >= 15 is 0 Å². The number of hydrogen-bond donors (Lipinski definition) is 1. The number of carbonyl (C=O) groups is 1. The van der Waals surface area contributed by atoms with Crippen molar-refractivity contribution in [3.05, 3.63) is 40.7 Å². The van der Waals surface area contributed by atoms with Gasteiger partial charge in [-0.25, -0.2) is 4.98 Å². The number of rotatable bonds is 2. The van der Waals surface area contributed by atoms with Crippen LogP contribution >= 0.6 is 11.3 Å². The molecule has 8 heteroatoms. The van der Waals surface area contributed by atoms with E-state index in [0.29, 0.717) is 5.13 Å². The molecular formula is C11H8F3N3OS. The zero-order valence-electron chi connectivity index (χ0n) is 9.65. The second-order valence-electron chi connectivity index (χ2n) is 3.66. The minimum Gasteiger partial charge on any atom is -0.298 e. The van der Waals surface area contributed by atoms with E-state index < -0.39 is 17.8 Å². The van der Waals surface area contributed by atoms with E-state index in [1.54, 1.807) is 6.20 Å². The zero-order valence-corrected chi connectivity index (χ0v) is 10.5. The Morgan fingerprint density at radius 3 is 2.47 bits per heavy atom. The first kappa shape index (κ1) is 13.5. The molecule has 0 aliphatic carbocycles. The quantitative estimate of drug-likeness (QED) is 0.923. The summed E-state index contributed by atoms with van der Waals surface area (Å²) in [4.78, 5) is 19.8. The molecule has 0 saturated carbocycles. The van der Waals surface area contributed by atoms with E-state index in [4.69, 9.17) is 0 Å². The molecule has 0 radical (unpaired) electrons. The van der Waals surface area contributed by atoms with Crippen molar-refractivity contribution in [1.29, 1.82) is 0 Å². The van der Waals surface area contributed by atoms with Crippen molar-refractivity contribution in [1.82, 2.24) is 9.97 Å². The van der Waals surface area contributed by atoms with Crippen molar-refractivity contribution in [3.63, 3.8) is 0 Å². The Bertz CT molecular complexity index is 592. The predicted molar refractivity (Wildman–Crippen MR) is 64.0 cm³/mol. The molecule has 4 nitrogen and oxygen atoms in total. The second kappa shape index (κ2) is 4.96. The summed E-state index contributed by atoms with van der Waals surface area (Å²) in [5, 5.41) is 2.88. The van der Waals surface area contributed by atoms with Gasteiger partial charge in [0.15, 0.2) is 5.13 Å². The summed E-state index contributed by atoms with van der Waals surface area (Å²) in [5.41, 5.74) is -0.991. The molecular weight excluding hydrogens is 279 g/mol. The highest BCUT2D eigenvalue weighted by molar-refractivity contribution is 7.15. The van der Waals surface area contributed by atoms with Crippen LogP contribution in [0.3, 0.4) is 0 Å². The van der Waals surface area contributed by atoms with Crippen LogP contribution in [0.5, 0.6) is 0 Å².